The number of aryl methyl sites for hydroxylation is 1. The average molecular weight is 351 g/mol. The maximum Gasteiger partial charge on any atom is 0.125 e. The van der Waals surface area contributed by atoms with E-state index in [-0.39, 0.29) is 0 Å². The molecule has 0 spiro atoms. The molecule has 0 aliphatic heterocycles. The Kier molecular flexibility index (Phi) is 5.79. The van der Waals surface area contributed by atoms with Crippen LogP contribution in [-0.4, -0.2) is 25.4 Å². The first-order chi connectivity index (χ1) is 10.1. The maximum atomic E-state index is 10.7. The summed E-state index contributed by atoms with van der Waals surface area (Å²) in [6.45, 7) is 2.97. The summed E-state index contributed by atoms with van der Waals surface area (Å²) in [5.41, 5.74) is 2.67. The Balaban J connectivity index is 2.30. The van der Waals surface area contributed by atoms with Crippen LogP contribution in [0.2, 0.25) is 0 Å². The van der Waals surface area contributed by atoms with Crippen molar-refractivity contribution in [3.8, 4) is 5.75 Å². The van der Waals surface area contributed by atoms with Crippen LogP contribution in [0.5, 0.6) is 5.75 Å². The summed E-state index contributed by atoms with van der Waals surface area (Å²) in [5.74, 6) is 0.676. The SMILES string of the molecule is COCCOc1ccccc1C(O)c1cccc(C)c1Br. The third-order valence-electron chi connectivity index (χ3n) is 3.27. The first-order valence-corrected chi connectivity index (χ1v) is 7.58. The third kappa shape index (κ3) is 3.84. The van der Waals surface area contributed by atoms with Gasteiger partial charge in [-0.05, 0) is 24.1 Å². The summed E-state index contributed by atoms with van der Waals surface area (Å²) < 4.78 is 11.6. The summed E-state index contributed by atoms with van der Waals surface area (Å²) >= 11 is 3.55. The van der Waals surface area contributed by atoms with Crippen molar-refractivity contribution >= 4 is 15.9 Å². The van der Waals surface area contributed by atoms with Crippen molar-refractivity contribution in [2.75, 3.05) is 20.3 Å². The monoisotopic (exact) mass is 350 g/mol. The van der Waals surface area contributed by atoms with Crippen LogP contribution in [-0.2, 0) is 4.74 Å². The van der Waals surface area contributed by atoms with Crippen LogP contribution in [0.3, 0.4) is 0 Å². The summed E-state index contributed by atoms with van der Waals surface area (Å²) in [4.78, 5) is 0. The van der Waals surface area contributed by atoms with Gasteiger partial charge in [0.05, 0.1) is 6.61 Å². The van der Waals surface area contributed by atoms with Gasteiger partial charge in [-0.25, -0.2) is 0 Å². The summed E-state index contributed by atoms with van der Waals surface area (Å²) in [7, 11) is 1.63. The van der Waals surface area contributed by atoms with Crippen molar-refractivity contribution in [1.29, 1.82) is 0 Å². The average Bonchev–Trinajstić information content (AvgIpc) is 2.50. The van der Waals surface area contributed by atoms with E-state index in [0.717, 1.165) is 21.2 Å². The van der Waals surface area contributed by atoms with Crippen molar-refractivity contribution in [3.05, 3.63) is 63.6 Å². The molecule has 112 valence electrons. The van der Waals surface area contributed by atoms with Crippen molar-refractivity contribution in [2.45, 2.75) is 13.0 Å². The van der Waals surface area contributed by atoms with Gasteiger partial charge in [0.15, 0.2) is 0 Å². The van der Waals surface area contributed by atoms with Crippen molar-refractivity contribution in [2.24, 2.45) is 0 Å². The number of ether oxygens (including phenoxy) is 2. The topological polar surface area (TPSA) is 38.7 Å². The summed E-state index contributed by atoms with van der Waals surface area (Å²) in [6, 6.07) is 13.4. The fourth-order valence-corrected chi connectivity index (χ4v) is 2.60. The Morgan fingerprint density at radius 2 is 1.76 bits per heavy atom. The number of hydrogen-bond donors (Lipinski definition) is 1. The van der Waals surface area contributed by atoms with Crippen LogP contribution < -0.4 is 4.74 Å². The molecule has 0 aliphatic carbocycles. The number of rotatable bonds is 6. The van der Waals surface area contributed by atoms with Gasteiger partial charge in [0.25, 0.3) is 0 Å². The minimum absolute atomic E-state index is 0.454. The van der Waals surface area contributed by atoms with E-state index < -0.39 is 6.10 Å². The Morgan fingerprint density at radius 1 is 1.05 bits per heavy atom. The van der Waals surface area contributed by atoms with Gasteiger partial charge in [0.1, 0.15) is 18.5 Å². The predicted octanol–water partition coefficient (Wildman–Crippen LogP) is 3.86. The van der Waals surface area contributed by atoms with E-state index in [1.807, 2.05) is 49.4 Å². The molecule has 0 radical (unpaired) electrons. The number of aliphatic hydroxyl groups excluding tert-OH is 1. The van der Waals surface area contributed by atoms with E-state index in [0.29, 0.717) is 19.0 Å². The molecule has 0 aliphatic rings. The van der Waals surface area contributed by atoms with E-state index in [4.69, 9.17) is 9.47 Å². The lowest BCUT2D eigenvalue weighted by Gasteiger charge is -2.18. The molecule has 21 heavy (non-hydrogen) atoms. The number of methoxy groups -OCH3 is 1. The molecule has 1 unspecified atom stereocenters. The normalized spacial score (nSPS) is 12.2. The second-order valence-corrected chi connectivity index (χ2v) is 5.55. The second kappa shape index (κ2) is 7.59. The van der Waals surface area contributed by atoms with Crippen LogP contribution in [0.15, 0.2) is 46.9 Å². The Labute approximate surface area is 133 Å². The smallest absolute Gasteiger partial charge is 0.125 e. The Morgan fingerprint density at radius 3 is 2.52 bits per heavy atom. The van der Waals surface area contributed by atoms with Gasteiger partial charge in [0.2, 0.25) is 0 Å². The molecule has 0 bridgehead atoms. The number of hydrogen-bond acceptors (Lipinski definition) is 3. The molecule has 2 rings (SSSR count). The quantitative estimate of drug-likeness (QED) is 0.803. The van der Waals surface area contributed by atoms with Gasteiger partial charge in [0, 0.05) is 17.1 Å². The lowest BCUT2D eigenvalue weighted by atomic mass is 9.99. The molecule has 1 N–H and O–H groups in total. The standard InChI is InChI=1S/C17H19BrO3/c1-12-6-5-8-14(16(12)18)17(19)13-7-3-4-9-15(13)21-11-10-20-2/h3-9,17,19H,10-11H2,1-2H3. The molecule has 0 heterocycles. The fraction of sp³-hybridized carbons (Fsp3) is 0.294. The largest absolute Gasteiger partial charge is 0.491 e. The highest BCUT2D eigenvalue weighted by Crippen LogP contribution is 2.34. The molecular formula is C17H19BrO3. The number of benzene rings is 2. The van der Waals surface area contributed by atoms with Crippen LogP contribution in [0, 0.1) is 6.92 Å². The third-order valence-corrected chi connectivity index (χ3v) is 4.36. The van der Waals surface area contributed by atoms with E-state index >= 15 is 0 Å². The van der Waals surface area contributed by atoms with Crippen molar-refractivity contribution in [3.63, 3.8) is 0 Å². The molecule has 0 saturated carbocycles. The van der Waals surface area contributed by atoms with Crippen LogP contribution >= 0.6 is 15.9 Å². The number of aliphatic hydroxyl groups is 1. The predicted molar refractivity (Wildman–Crippen MR) is 86.8 cm³/mol. The van der Waals surface area contributed by atoms with Crippen LogP contribution in [0.25, 0.3) is 0 Å². The molecule has 0 amide bonds. The van der Waals surface area contributed by atoms with E-state index in [1.54, 1.807) is 7.11 Å². The zero-order chi connectivity index (χ0) is 15.2. The van der Waals surface area contributed by atoms with Gasteiger partial charge in [-0.3, -0.25) is 0 Å². The van der Waals surface area contributed by atoms with Gasteiger partial charge in [-0.15, -0.1) is 0 Å². The van der Waals surface area contributed by atoms with Gasteiger partial charge in [-0.2, -0.15) is 0 Å². The molecule has 0 aromatic heterocycles. The van der Waals surface area contributed by atoms with Crippen LogP contribution in [0.4, 0.5) is 0 Å². The van der Waals surface area contributed by atoms with Crippen LogP contribution in [0.1, 0.15) is 22.8 Å². The molecule has 0 saturated heterocycles. The first kappa shape index (κ1) is 16.0. The summed E-state index contributed by atoms with van der Waals surface area (Å²) in [5, 5.41) is 10.7. The molecule has 4 heteroatoms. The molecule has 2 aromatic carbocycles. The van der Waals surface area contributed by atoms with Gasteiger partial charge >= 0.3 is 0 Å². The highest BCUT2D eigenvalue weighted by Gasteiger charge is 2.18. The lowest BCUT2D eigenvalue weighted by Crippen LogP contribution is -2.09. The zero-order valence-electron chi connectivity index (χ0n) is 12.2. The minimum atomic E-state index is -0.738. The number of para-hydroxylation sites is 1. The Bertz CT molecular complexity index is 598. The van der Waals surface area contributed by atoms with E-state index in [1.165, 1.54) is 0 Å². The highest BCUT2D eigenvalue weighted by molar-refractivity contribution is 9.10. The number of halogens is 1. The second-order valence-electron chi connectivity index (χ2n) is 4.76. The van der Waals surface area contributed by atoms with E-state index in [2.05, 4.69) is 15.9 Å². The highest BCUT2D eigenvalue weighted by atomic mass is 79.9. The zero-order valence-corrected chi connectivity index (χ0v) is 13.8. The minimum Gasteiger partial charge on any atom is -0.491 e. The van der Waals surface area contributed by atoms with Crippen molar-refractivity contribution in [1.82, 2.24) is 0 Å². The maximum absolute atomic E-state index is 10.7. The fourth-order valence-electron chi connectivity index (χ4n) is 2.12. The van der Waals surface area contributed by atoms with E-state index in [9.17, 15) is 5.11 Å². The molecule has 3 nitrogen and oxygen atoms in total. The molecule has 2 aromatic rings. The molecule has 1 atom stereocenters. The van der Waals surface area contributed by atoms with Gasteiger partial charge < -0.3 is 14.6 Å². The molecular weight excluding hydrogens is 332 g/mol. The Hall–Kier alpha value is -1.36. The van der Waals surface area contributed by atoms with Gasteiger partial charge in [-0.1, -0.05) is 52.3 Å². The summed E-state index contributed by atoms with van der Waals surface area (Å²) in [6.07, 6.45) is -0.738. The molecule has 0 fully saturated rings. The lowest BCUT2D eigenvalue weighted by molar-refractivity contribution is 0.142. The van der Waals surface area contributed by atoms with Crippen molar-refractivity contribution < 1.29 is 14.6 Å². The first-order valence-electron chi connectivity index (χ1n) is 6.79.